The van der Waals surface area contributed by atoms with Gasteiger partial charge in [0.15, 0.2) is 6.10 Å². The summed E-state index contributed by atoms with van der Waals surface area (Å²) in [5.74, 6) is -7.41. The zero-order chi connectivity index (χ0) is 29.9. The molecule has 3 nitrogen and oxygen atoms in total. The maximum atomic E-state index is 13.8. The van der Waals surface area contributed by atoms with Gasteiger partial charge in [0.25, 0.3) is 0 Å². The van der Waals surface area contributed by atoms with Crippen molar-refractivity contribution in [2.24, 2.45) is 11.8 Å². The van der Waals surface area contributed by atoms with Gasteiger partial charge < -0.3 is 15.2 Å². The van der Waals surface area contributed by atoms with E-state index in [1.165, 1.54) is 36.4 Å². The molecular weight excluding hydrogens is 567 g/mol. The molecule has 1 saturated carbocycles. The van der Waals surface area contributed by atoms with E-state index >= 15 is 0 Å². The summed E-state index contributed by atoms with van der Waals surface area (Å²) in [5, 5.41) is 12.0. The second-order valence-electron chi connectivity index (χ2n) is 9.74. The number of hydrogen-bond donors (Lipinski definition) is 2. The minimum absolute atomic E-state index is 0.135. The lowest BCUT2D eigenvalue weighted by molar-refractivity contribution is -0.306. The van der Waals surface area contributed by atoms with Crippen LogP contribution in [0.5, 0.6) is 5.75 Å². The monoisotopic (exact) mass is 593 g/mol. The summed E-state index contributed by atoms with van der Waals surface area (Å²) >= 11 is 0. The Labute approximate surface area is 222 Å². The van der Waals surface area contributed by atoms with Crippen molar-refractivity contribution < 1.29 is 58.1 Å². The third-order valence-electron chi connectivity index (χ3n) is 6.92. The highest BCUT2D eigenvalue weighted by Gasteiger charge is 2.62. The Bertz CT molecular complexity index is 1110. The van der Waals surface area contributed by atoms with Crippen molar-refractivity contribution in [2.45, 2.75) is 68.9 Å². The van der Waals surface area contributed by atoms with Crippen LogP contribution in [0.25, 0.3) is 0 Å². The lowest BCUT2D eigenvalue weighted by Gasteiger charge is -2.38. The molecule has 2 unspecified atom stereocenters. The summed E-state index contributed by atoms with van der Waals surface area (Å²) in [7, 11) is 0. The van der Waals surface area contributed by atoms with E-state index in [1.54, 1.807) is 0 Å². The molecule has 0 saturated heterocycles. The van der Waals surface area contributed by atoms with Gasteiger partial charge in [-0.15, -0.1) is 0 Å². The Kier molecular flexibility index (Phi) is 9.65. The van der Waals surface area contributed by atoms with E-state index < -0.39 is 73.4 Å². The SMILES string of the molecule is OC(CNC(c1cccc(OCc2cccc(C(F)(F)F)c2)c1)C1CCC(C(F)(F)C(F)(F)F)CC1)C(F)(F)F. The molecule has 0 aliphatic heterocycles. The van der Waals surface area contributed by atoms with E-state index in [0.29, 0.717) is 5.56 Å². The molecule has 2 N–H and O–H groups in total. The molecule has 1 aliphatic rings. The average molecular weight is 593 g/mol. The number of hydrogen-bond acceptors (Lipinski definition) is 3. The van der Waals surface area contributed by atoms with Gasteiger partial charge in [-0.1, -0.05) is 24.3 Å². The predicted molar refractivity (Wildman–Crippen MR) is 121 cm³/mol. The van der Waals surface area contributed by atoms with Crippen molar-refractivity contribution in [3.63, 3.8) is 0 Å². The quantitative estimate of drug-likeness (QED) is 0.291. The molecule has 40 heavy (non-hydrogen) atoms. The number of aliphatic hydroxyl groups excluding tert-OH is 1. The Morgan fingerprint density at radius 3 is 2.02 bits per heavy atom. The van der Waals surface area contributed by atoms with Gasteiger partial charge in [-0.05, 0) is 67.0 Å². The zero-order valence-corrected chi connectivity index (χ0v) is 20.7. The molecule has 2 aromatic rings. The first-order valence-corrected chi connectivity index (χ1v) is 12.2. The van der Waals surface area contributed by atoms with Crippen LogP contribution in [0, 0.1) is 11.8 Å². The average Bonchev–Trinajstić information content (AvgIpc) is 2.86. The van der Waals surface area contributed by atoms with Crippen LogP contribution in [-0.2, 0) is 12.8 Å². The number of alkyl halides is 11. The van der Waals surface area contributed by atoms with Gasteiger partial charge in [-0.2, -0.15) is 48.3 Å². The van der Waals surface area contributed by atoms with Crippen LogP contribution in [-0.4, -0.2) is 36.0 Å². The van der Waals surface area contributed by atoms with Gasteiger partial charge in [0.1, 0.15) is 12.4 Å². The highest BCUT2D eigenvalue weighted by Crippen LogP contribution is 2.49. The molecule has 0 heterocycles. The van der Waals surface area contributed by atoms with Crippen LogP contribution < -0.4 is 10.1 Å². The molecule has 3 rings (SSSR count). The largest absolute Gasteiger partial charge is 0.489 e. The molecule has 1 aliphatic carbocycles. The fraction of sp³-hybridized carbons (Fsp3) is 0.538. The number of aliphatic hydroxyl groups is 1. The molecule has 0 spiro atoms. The van der Waals surface area contributed by atoms with Gasteiger partial charge in [-0.3, -0.25) is 0 Å². The molecule has 224 valence electrons. The van der Waals surface area contributed by atoms with Crippen LogP contribution >= 0.6 is 0 Å². The van der Waals surface area contributed by atoms with E-state index in [-0.39, 0.29) is 30.8 Å². The topological polar surface area (TPSA) is 41.5 Å². The summed E-state index contributed by atoms with van der Waals surface area (Å²) < 4.78 is 149. The maximum absolute atomic E-state index is 13.8. The van der Waals surface area contributed by atoms with Gasteiger partial charge in [0, 0.05) is 18.5 Å². The third kappa shape index (κ3) is 7.99. The van der Waals surface area contributed by atoms with Gasteiger partial charge in [0.05, 0.1) is 5.56 Å². The van der Waals surface area contributed by atoms with E-state index in [2.05, 4.69) is 5.32 Å². The molecule has 1 fully saturated rings. The van der Waals surface area contributed by atoms with Crippen molar-refractivity contribution in [1.29, 1.82) is 0 Å². The first-order chi connectivity index (χ1) is 18.4. The molecule has 0 amide bonds. The third-order valence-corrected chi connectivity index (χ3v) is 6.92. The molecule has 2 aromatic carbocycles. The zero-order valence-electron chi connectivity index (χ0n) is 20.7. The lowest BCUT2D eigenvalue weighted by Crippen LogP contribution is -2.46. The lowest BCUT2D eigenvalue weighted by atomic mass is 9.74. The summed E-state index contributed by atoms with van der Waals surface area (Å²) in [5.41, 5.74) is -0.393. The van der Waals surface area contributed by atoms with Crippen LogP contribution in [0.3, 0.4) is 0 Å². The summed E-state index contributed by atoms with van der Waals surface area (Å²) in [6.07, 6.45) is -19.4. The van der Waals surface area contributed by atoms with Crippen molar-refractivity contribution in [2.75, 3.05) is 6.54 Å². The molecule has 14 heteroatoms. The van der Waals surface area contributed by atoms with E-state index in [1.807, 2.05) is 0 Å². The molecule has 0 aromatic heterocycles. The van der Waals surface area contributed by atoms with E-state index in [0.717, 1.165) is 12.1 Å². The van der Waals surface area contributed by atoms with Gasteiger partial charge in [0.2, 0.25) is 0 Å². The van der Waals surface area contributed by atoms with E-state index in [9.17, 15) is 53.4 Å². The van der Waals surface area contributed by atoms with Crippen LogP contribution in [0.4, 0.5) is 48.3 Å². The predicted octanol–water partition coefficient (Wildman–Crippen LogP) is 7.84. The van der Waals surface area contributed by atoms with Crippen molar-refractivity contribution in [3.8, 4) is 5.75 Å². The molecule has 0 radical (unpaired) electrons. The highest BCUT2D eigenvalue weighted by molar-refractivity contribution is 5.32. The molecule has 0 bridgehead atoms. The Morgan fingerprint density at radius 1 is 0.825 bits per heavy atom. The number of nitrogens with one attached hydrogen (secondary N) is 1. The van der Waals surface area contributed by atoms with Crippen molar-refractivity contribution >= 4 is 0 Å². The smallest absolute Gasteiger partial charge is 0.453 e. The number of ether oxygens (including phenoxy) is 1. The first kappa shape index (κ1) is 31.9. The standard InChI is InChI=1S/C26H26F11NO2/c27-23(28,26(35,36)37)18-9-7-16(8-10-18)22(38-13-21(39)25(32,33)34)17-4-2-6-20(12-17)40-14-15-3-1-5-19(11-15)24(29,30)31/h1-6,11-12,16,18,21-22,38-39H,7-10,13-14H2. The number of benzene rings is 2. The second-order valence-corrected chi connectivity index (χ2v) is 9.74. The van der Waals surface area contributed by atoms with Gasteiger partial charge in [-0.25, -0.2) is 0 Å². The minimum atomic E-state index is -5.73. The Hall–Kier alpha value is -2.61. The van der Waals surface area contributed by atoms with Crippen molar-refractivity contribution in [1.82, 2.24) is 5.32 Å². The van der Waals surface area contributed by atoms with Crippen LogP contribution in [0.1, 0.15) is 48.4 Å². The highest BCUT2D eigenvalue weighted by atomic mass is 19.4. The van der Waals surface area contributed by atoms with Crippen LogP contribution in [0.15, 0.2) is 48.5 Å². The fourth-order valence-corrected chi connectivity index (χ4v) is 4.76. The number of rotatable bonds is 9. The summed E-state index contributed by atoms with van der Waals surface area (Å²) in [6, 6.07) is 9.16. The fourth-order valence-electron chi connectivity index (χ4n) is 4.76. The van der Waals surface area contributed by atoms with Gasteiger partial charge >= 0.3 is 24.5 Å². The van der Waals surface area contributed by atoms with Crippen molar-refractivity contribution in [3.05, 3.63) is 65.2 Å². The normalized spacial score (nSPS) is 20.7. The number of halogens is 11. The first-order valence-electron chi connectivity index (χ1n) is 12.2. The second kappa shape index (κ2) is 12.1. The summed E-state index contributed by atoms with van der Waals surface area (Å²) in [6.45, 7) is -1.25. The molecule has 2 atom stereocenters. The molecular formula is C26H26F11NO2. The Balaban J connectivity index is 1.78. The Morgan fingerprint density at radius 2 is 1.45 bits per heavy atom. The maximum Gasteiger partial charge on any atom is 0.453 e. The minimum Gasteiger partial charge on any atom is -0.489 e. The summed E-state index contributed by atoms with van der Waals surface area (Å²) in [4.78, 5) is 0. The van der Waals surface area contributed by atoms with E-state index in [4.69, 9.17) is 4.74 Å². The van der Waals surface area contributed by atoms with Crippen LogP contribution in [0.2, 0.25) is 0 Å².